The van der Waals surface area contributed by atoms with Crippen LogP contribution in [0.15, 0.2) is 58.3 Å². The highest BCUT2D eigenvalue weighted by Gasteiger charge is 2.22. The van der Waals surface area contributed by atoms with Gasteiger partial charge in [-0.25, -0.2) is 0 Å². The summed E-state index contributed by atoms with van der Waals surface area (Å²) in [4.78, 5) is 6.78. The lowest BCUT2D eigenvalue weighted by atomic mass is 10.1. The van der Waals surface area contributed by atoms with Crippen molar-refractivity contribution in [3.63, 3.8) is 0 Å². The average molecular weight is 532 g/mol. The minimum absolute atomic E-state index is 0. The lowest BCUT2D eigenvalue weighted by Gasteiger charge is -2.19. The maximum absolute atomic E-state index is 4.32. The summed E-state index contributed by atoms with van der Waals surface area (Å²) < 4.78 is 3.30. The summed E-state index contributed by atoms with van der Waals surface area (Å²) in [6.45, 7) is 4.96. The zero-order valence-corrected chi connectivity index (χ0v) is 19.0. The molecule has 1 unspecified atom stereocenters. The molecule has 2 aromatic rings. The molecule has 0 amide bonds. The fourth-order valence-electron chi connectivity index (χ4n) is 3.19. The first-order valence-electron chi connectivity index (χ1n) is 8.80. The second-order valence-electron chi connectivity index (χ2n) is 6.38. The number of halogens is 2. The molecule has 2 N–H and O–H groups in total. The van der Waals surface area contributed by atoms with Crippen molar-refractivity contribution in [2.24, 2.45) is 10.9 Å². The molecule has 1 saturated heterocycles. The molecule has 1 atom stereocenters. The molecule has 1 aromatic heterocycles. The van der Waals surface area contributed by atoms with Crippen LogP contribution in [0.1, 0.15) is 6.42 Å². The van der Waals surface area contributed by atoms with Gasteiger partial charge in [0.15, 0.2) is 5.96 Å². The molecule has 7 heteroatoms. The van der Waals surface area contributed by atoms with Gasteiger partial charge >= 0.3 is 0 Å². The van der Waals surface area contributed by atoms with Gasteiger partial charge in [0.1, 0.15) is 0 Å². The van der Waals surface area contributed by atoms with Crippen LogP contribution < -0.4 is 15.5 Å². The predicted octanol–water partition coefficient (Wildman–Crippen LogP) is 3.56. The van der Waals surface area contributed by atoms with Gasteiger partial charge in [0, 0.05) is 62.3 Å². The summed E-state index contributed by atoms with van der Waals surface area (Å²) in [6, 6.07) is 12.6. The van der Waals surface area contributed by atoms with Gasteiger partial charge in [-0.1, -0.05) is 22.0 Å². The minimum Gasteiger partial charge on any atom is -0.371 e. The second kappa shape index (κ2) is 10.8. The molecule has 26 heavy (non-hydrogen) atoms. The predicted molar refractivity (Wildman–Crippen MR) is 124 cm³/mol. The molecule has 0 saturated carbocycles. The molecule has 2 heterocycles. The van der Waals surface area contributed by atoms with Crippen LogP contribution in [0.25, 0.3) is 0 Å². The Morgan fingerprint density at radius 1 is 1.23 bits per heavy atom. The van der Waals surface area contributed by atoms with Crippen molar-refractivity contribution in [1.82, 2.24) is 15.2 Å². The maximum atomic E-state index is 4.32. The number of nitrogens with one attached hydrogen (secondary N) is 2. The third-order valence-corrected chi connectivity index (χ3v) is 5.06. The van der Waals surface area contributed by atoms with Gasteiger partial charge in [-0.3, -0.25) is 4.99 Å². The summed E-state index contributed by atoms with van der Waals surface area (Å²) in [6.07, 6.45) is 5.36. The Morgan fingerprint density at radius 2 is 2.04 bits per heavy atom. The Labute approximate surface area is 181 Å². The van der Waals surface area contributed by atoms with Crippen LogP contribution in [-0.2, 0) is 6.54 Å². The van der Waals surface area contributed by atoms with E-state index in [2.05, 4.69) is 77.7 Å². The smallest absolute Gasteiger partial charge is 0.191 e. The van der Waals surface area contributed by atoms with E-state index >= 15 is 0 Å². The van der Waals surface area contributed by atoms with Crippen LogP contribution >= 0.6 is 39.9 Å². The van der Waals surface area contributed by atoms with E-state index in [1.54, 1.807) is 0 Å². The van der Waals surface area contributed by atoms with E-state index in [-0.39, 0.29) is 24.0 Å². The van der Waals surface area contributed by atoms with Gasteiger partial charge in [-0.2, -0.15) is 0 Å². The number of aromatic nitrogens is 1. The quantitative estimate of drug-likeness (QED) is 0.340. The number of hydrogen-bond donors (Lipinski definition) is 2. The Hall–Kier alpha value is -1.22. The molecule has 1 aromatic carbocycles. The number of nitrogens with zero attached hydrogens (tertiary/aromatic N) is 3. The molecule has 1 aliphatic heterocycles. The molecule has 142 valence electrons. The first kappa shape index (κ1) is 21.1. The molecule has 5 nitrogen and oxygen atoms in total. The van der Waals surface area contributed by atoms with E-state index in [0.29, 0.717) is 5.92 Å². The zero-order chi connectivity index (χ0) is 17.5. The monoisotopic (exact) mass is 531 g/mol. The largest absolute Gasteiger partial charge is 0.371 e. The molecule has 1 aliphatic rings. The van der Waals surface area contributed by atoms with Crippen LogP contribution in [0.4, 0.5) is 5.69 Å². The normalized spacial score (nSPS) is 17.1. The van der Waals surface area contributed by atoms with Crippen molar-refractivity contribution in [1.29, 1.82) is 0 Å². The fourth-order valence-corrected chi connectivity index (χ4v) is 3.58. The van der Waals surface area contributed by atoms with Crippen molar-refractivity contribution < 1.29 is 0 Å². The van der Waals surface area contributed by atoms with Crippen molar-refractivity contribution >= 4 is 51.6 Å². The molecule has 1 fully saturated rings. The molecule has 0 radical (unpaired) electrons. The lowest BCUT2D eigenvalue weighted by Crippen LogP contribution is -2.41. The number of benzene rings is 1. The zero-order valence-electron chi connectivity index (χ0n) is 15.1. The number of hydrogen-bond acceptors (Lipinski definition) is 2. The van der Waals surface area contributed by atoms with E-state index in [0.717, 1.165) is 43.2 Å². The van der Waals surface area contributed by atoms with Gasteiger partial charge in [-0.05, 0) is 42.7 Å². The Kier molecular flexibility index (Phi) is 8.77. The van der Waals surface area contributed by atoms with Crippen LogP contribution in [0.5, 0.6) is 0 Å². The molecule has 3 rings (SSSR count). The summed E-state index contributed by atoms with van der Waals surface area (Å²) in [7, 11) is 1.83. The highest BCUT2D eigenvalue weighted by atomic mass is 127. The standard InChI is InChI=1S/C19H26BrN5.HI/c1-21-19(22-8-12-24-9-2-3-10-24)23-14-16-7-11-25(15-16)18-6-4-5-17(20)13-18;/h2-6,9-10,13,16H,7-8,11-12,14-15H2,1H3,(H2,21,22,23);1H. The highest BCUT2D eigenvalue weighted by Crippen LogP contribution is 2.25. The average Bonchev–Trinajstić information content (AvgIpc) is 3.30. The topological polar surface area (TPSA) is 44.6 Å². The van der Waals surface area contributed by atoms with Gasteiger partial charge in [0.05, 0.1) is 0 Å². The molecular weight excluding hydrogens is 505 g/mol. The summed E-state index contributed by atoms with van der Waals surface area (Å²) in [5.74, 6) is 1.52. The van der Waals surface area contributed by atoms with Crippen LogP contribution in [0, 0.1) is 5.92 Å². The van der Waals surface area contributed by atoms with E-state index in [4.69, 9.17) is 0 Å². The Bertz CT molecular complexity index is 689. The Morgan fingerprint density at radius 3 is 2.77 bits per heavy atom. The number of guanidine groups is 1. The van der Waals surface area contributed by atoms with Crippen LogP contribution in [0.2, 0.25) is 0 Å². The van der Waals surface area contributed by atoms with E-state index < -0.39 is 0 Å². The summed E-state index contributed by atoms with van der Waals surface area (Å²) >= 11 is 3.56. The van der Waals surface area contributed by atoms with Crippen molar-refractivity contribution in [2.45, 2.75) is 13.0 Å². The number of anilines is 1. The molecular formula is C19H27BrIN5. The summed E-state index contributed by atoms with van der Waals surface area (Å²) in [5.41, 5.74) is 1.30. The van der Waals surface area contributed by atoms with E-state index in [9.17, 15) is 0 Å². The van der Waals surface area contributed by atoms with E-state index in [1.807, 2.05) is 19.2 Å². The molecule has 0 bridgehead atoms. The van der Waals surface area contributed by atoms with Crippen molar-refractivity contribution in [3.05, 3.63) is 53.3 Å². The number of rotatable bonds is 6. The highest BCUT2D eigenvalue weighted by molar-refractivity contribution is 14.0. The second-order valence-corrected chi connectivity index (χ2v) is 7.30. The molecule has 0 spiro atoms. The minimum atomic E-state index is 0. The fraction of sp³-hybridized carbons (Fsp3) is 0.421. The van der Waals surface area contributed by atoms with Gasteiger partial charge in [-0.15, -0.1) is 24.0 Å². The Balaban J connectivity index is 0.00000243. The van der Waals surface area contributed by atoms with E-state index in [1.165, 1.54) is 12.1 Å². The first-order valence-corrected chi connectivity index (χ1v) is 9.59. The summed E-state index contributed by atoms with van der Waals surface area (Å²) in [5, 5.41) is 6.85. The van der Waals surface area contributed by atoms with Gasteiger partial charge in [0.25, 0.3) is 0 Å². The lowest BCUT2D eigenvalue weighted by molar-refractivity contribution is 0.563. The third-order valence-electron chi connectivity index (χ3n) is 4.57. The van der Waals surface area contributed by atoms with Crippen LogP contribution in [0.3, 0.4) is 0 Å². The third kappa shape index (κ3) is 6.19. The van der Waals surface area contributed by atoms with Crippen molar-refractivity contribution in [2.75, 3.05) is 38.1 Å². The van der Waals surface area contributed by atoms with Gasteiger partial charge < -0.3 is 20.1 Å². The SMILES string of the molecule is CN=C(NCCn1cccc1)NCC1CCN(c2cccc(Br)c2)C1.I. The van der Waals surface area contributed by atoms with Crippen LogP contribution in [-0.4, -0.2) is 43.8 Å². The first-order chi connectivity index (χ1) is 12.2. The number of aliphatic imine (C=N–C) groups is 1. The maximum Gasteiger partial charge on any atom is 0.191 e. The van der Waals surface area contributed by atoms with Crippen molar-refractivity contribution in [3.8, 4) is 0 Å². The van der Waals surface area contributed by atoms with Gasteiger partial charge in [0.2, 0.25) is 0 Å². The molecule has 0 aliphatic carbocycles.